The number of benzene rings is 1. The largest absolute Gasteiger partial charge is 0.497 e. The minimum atomic E-state index is 0.644. The van der Waals surface area contributed by atoms with Crippen LogP contribution in [0.2, 0.25) is 0 Å². The zero-order valence-electron chi connectivity index (χ0n) is 8.81. The van der Waals surface area contributed by atoms with E-state index in [-0.39, 0.29) is 0 Å². The minimum absolute atomic E-state index is 0.644. The lowest BCUT2D eigenvalue weighted by Gasteiger charge is -2.17. The fourth-order valence-electron chi connectivity index (χ4n) is 1.61. The molecule has 0 unspecified atom stereocenters. The lowest BCUT2D eigenvalue weighted by Crippen LogP contribution is -2.33. The van der Waals surface area contributed by atoms with Crippen LogP contribution in [0.1, 0.15) is 5.56 Å². The summed E-state index contributed by atoms with van der Waals surface area (Å²) in [6.07, 6.45) is 0. The van der Waals surface area contributed by atoms with E-state index in [0.29, 0.717) is 5.96 Å². The summed E-state index contributed by atoms with van der Waals surface area (Å²) in [6.45, 7) is 2.54. The average molecular weight is 205 g/mol. The number of aliphatic imine (C=N–C) groups is 1. The van der Waals surface area contributed by atoms with Crippen LogP contribution in [0.25, 0.3) is 0 Å². The number of nitrogens with two attached hydrogens (primary N) is 1. The monoisotopic (exact) mass is 205 g/mol. The second-order valence-corrected chi connectivity index (χ2v) is 3.51. The highest BCUT2D eigenvalue weighted by Gasteiger charge is 2.13. The Kier molecular flexibility index (Phi) is 2.76. The Balaban J connectivity index is 2.01. The first-order valence-electron chi connectivity index (χ1n) is 4.97. The summed E-state index contributed by atoms with van der Waals surface area (Å²) in [6, 6.07) is 8.01. The van der Waals surface area contributed by atoms with Gasteiger partial charge in [0, 0.05) is 13.1 Å². The third-order valence-electron chi connectivity index (χ3n) is 2.50. The second-order valence-electron chi connectivity index (χ2n) is 3.51. The highest BCUT2D eigenvalue weighted by atomic mass is 16.5. The molecule has 2 rings (SSSR count). The second kappa shape index (κ2) is 4.21. The maximum absolute atomic E-state index is 5.73. The summed E-state index contributed by atoms with van der Waals surface area (Å²) in [5.41, 5.74) is 6.95. The number of hydrogen-bond donors (Lipinski definition) is 1. The first-order chi connectivity index (χ1) is 7.29. The SMILES string of the molecule is COc1ccc(CN2CCN=C2N)cc1. The van der Waals surface area contributed by atoms with Gasteiger partial charge in [0.25, 0.3) is 0 Å². The number of ether oxygens (including phenoxy) is 1. The van der Waals surface area contributed by atoms with E-state index in [2.05, 4.69) is 9.89 Å². The molecule has 2 N–H and O–H groups in total. The van der Waals surface area contributed by atoms with Crippen LogP contribution in [-0.2, 0) is 6.54 Å². The summed E-state index contributed by atoms with van der Waals surface area (Å²) in [5, 5.41) is 0. The van der Waals surface area contributed by atoms with E-state index in [9.17, 15) is 0 Å². The zero-order valence-corrected chi connectivity index (χ0v) is 8.81. The van der Waals surface area contributed by atoms with Crippen molar-refractivity contribution in [1.82, 2.24) is 4.90 Å². The summed E-state index contributed by atoms with van der Waals surface area (Å²) < 4.78 is 5.10. The summed E-state index contributed by atoms with van der Waals surface area (Å²) in [5.74, 6) is 1.52. The van der Waals surface area contributed by atoms with Crippen LogP contribution in [0, 0.1) is 0 Å². The van der Waals surface area contributed by atoms with Crippen LogP contribution >= 0.6 is 0 Å². The molecule has 4 nitrogen and oxygen atoms in total. The van der Waals surface area contributed by atoms with Crippen molar-refractivity contribution in [1.29, 1.82) is 0 Å². The summed E-state index contributed by atoms with van der Waals surface area (Å²) in [4.78, 5) is 6.21. The van der Waals surface area contributed by atoms with Gasteiger partial charge in [0.1, 0.15) is 5.75 Å². The van der Waals surface area contributed by atoms with Gasteiger partial charge in [-0.2, -0.15) is 0 Å². The highest BCUT2D eigenvalue weighted by molar-refractivity contribution is 5.79. The fraction of sp³-hybridized carbons (Fsp3) is 0.364. The summed E-state index contributed by atoms with van der Waals surface area (Å²) in [7, 11) is 1.67. The van der Waals surface area contributed by atoms with E-state index < -0.39 is 0 Å². The van der Waals surface area contributed by atoms with Gasteiger partial charge in [0.05, 0.1) is 13.7 Å². The van der Waals surface area contributed by atoms with Gasteiger partial charge in [-0.1, -0.05) is 12.1 Å². The normalized spacial score (nSPS) is 15.3. The zero-order chi connectivity index (χ0) is 10.7. The molecule has 0 spiro atoms. The molecule has 0 saturated carbocycles. The molecule has 1 aromatic rings. The fourth-order valence-corrected chi connectivity index (χ4v) is 1.61. The van der Waals surface area contributed by atoms with Crippen LogP contribution in [0.5, 0.6) is 5.75 Å². The number of nitrogens with zero attached hydrogens (tertiary/aromatic N) is 2. The molecule has 1 aliphatic rings. The van der Waals surface area contributed by atoms with Crippen LogP contribution < -0.4 is 10.5 Å². The maximum Gasteiger partial charge on any atom is 0.191 e. The van der Waals surface area contributed by atoms with Gasteiger partial charge < -0.3 is 15.4 Å². The van der Waals surface area contributed by atoms with Gasteiger partial charge >= 0.3 is 0 Å². The number of guanidine groups is 1. The predicted octanol–water partition coefficient (Wildman–Crippen LogP) is 0.825. The molecule has 0 amide bonds. The van der Waals surface area contributed by atoms with Crippen molar-refractivity contribution in [3.05, 3.63) is 29.8 Å². The molecule has 0 saturated heterocycles. The van der Waals surface area contributed by atoms with Gasteiger partial charge in [-0.25, -0.2) is 0 Å². The van der Waals surface area contributed by atoms with Crippen molar-refractivity contribution in [3.63, 3.8) is 0 Å². The first-order valence-corrected chi connectivity index (χ1v) is 4.97. The summed E-state index contributed by atoms with van der Waals surface area (Å²) >= 11 is 0. The Bertz CT molecular complexity index is 359. The molecular formula is C11H15N3O. The lowest BCUT2D eigenvalue weighted by molar-refractivity contribution is 0.413. The third-order valence-corrected chi connectivity index (χ3v) is 2.50. The van der Waals surface area contributed by atoms with E-state index in [1.165, 1.54) is 5.56 Å². The van der Waals surface area contributed by atoms with E-state index in [1.807, 2.05) is 24.3 Å². The first kappa shape index (κ1) is 9.83. The minimum Gasteiger partial charge on any atom is -0.497 e. The number of methoxy groups -OCH3 is 1. The van der Waals surface area contributed by atoms with Crippen molar-refractivity contribution in [2.24, 2.45) is 10.7 Å². The topological polar surface area (TPSA) is 50.8 Å². The smallest absolute Gasteiger partial charge is 0.191 e. The molecule has 0 atom stereocenters. The van der Waals surface area contributed by atoms with E-state index >= 15 is 0 Å². The van der Waals surface area contributed by atoms with Gasteiger partial charge in [0.2, 0.25) is 0 Å². The molecule has 0 bridgehead atoms. The van der Waals surface area contributed by atoms with E-state index in [1.54, 1.807) is 7.11 Å². The molecule has 0 fully saturated rings. The molecule has 1 aliphatic heterocycles. The van der Waals surface area contributed by atoms with Crippen LogP contribution in [0.3, 0.4) is 0 Å². The Morgan fingerprint density at radius 1 is 1.40 bits per heavy atom. The number of rotatable bonds is 3. The molecule has 80 valence electrons. The predicted molar refractivity (Wildman–Crippen MR) is 59.9 cm³/mol. The molecule has 1 aromatic carbocycles. The Morgan fingerprint density at radius 2 is 2.13 bits per heavy atom. The molecule has 4 heteroatoms. The van der Waals surface area contributed by atoms with Crippen molar-refractivity contribution in [2.75, 3.05) is 20.2 Å². The third kappa shape index (κ3) is 2.21. The van der Waals surface area contributed by atoms with Gasteiger partial charge in [0.15, 0.2) is 5.96 Å². The van der Waals surface area contributed by atoms with Gasteiger partial charge in [-0.05, 0) is 17.7 Å². The number of hydrogen-bond acceptors (Lipinski definition) is 4. The van der Waals surface area contributed by atoms with Crippen molar-refractivity contribution in [3.8, 4) is 5.75 Å². The van der Waals surface area contributed by atoms with Crippen molar-refractivity contribution in [2.45, 2.75) is 6.54 Å². The Morgan fingerprint density at radius 3 is 2.67 bits per heavy atom. The van der Waals surface area contributed by atoms with Crippen LogP contribution in [0.15, 0.2) is 29.3 Å². The van der Waals surface area contributed by atoms with Crippen LogP contribution in [0.4, 0.5) is 0 Å². The standard InChI is InChI=1S/C11H15N3O/c1-15-10-4-2-9(3-5-10)8-14-7-6-13-11(14)12/h2-5H,6-8H2,1H3,(H2,12,13). The molecule has 1 heterocycles. The van der Waals surface area contributed by atoms with Crippen LogP contribution in [-0.4, -0.2) is 31.1 Å². The van der Waals surface area contributed by atoms with Gasteiger partial charge in [-0.15, -0.1) is 0 Å². The molecule has 0 radical (unpaired) electrons. The van der Waals surface area contributed by atoms with Crippen molar-refractivity contribution >= 4 is 5.96 Å². The quantitative estimate of drug-likeness (QED) is 0.795. The van der Waals surface area contributed by atoms with Crippen molar-refractivity contribution < 1.29 is 4.74 Å². The average Bonchev–Trinajstić information content (AvgIpc) is 2.66. The molecular weight excluding hydrogens is 190 g/mol. The molecule has 15 heavy (non-hydrogen) atoms. The molecule has 0 aliphatic carbocycles. The highest BCUT2D eigenvalue weighted by Crippen LogP contribution is 2.13. The van der Waals surface area contributed by atoms with E-state index in [4.69, 9.17) is 10.5 Å². The lowest BCUT2D eigenvalue weighted by atomic mass is 10.2. The van der Waals surface area contributed by atoms with Gasteiger partial charge in [-0.3, -0.25) is 4.99 Å². The van der Waals surface area contributed by atoms with E-state index in [0.717, 1.165) is 25.4 Å². The Hall–Kier alpha value is -1.71. The maximum atomic E-state index is 5.73. The Labute approximate surface area is 89.4 Å². The molecule has 0 aromatic heterocycles.